The first-order chi connectivity index (χ1) is 12.3. The van der Waals surface area contributed by atoms with Crippen molar-refractivity contribution in [2.45, 2.75) is 5.92 Å². The van der Waals surface area contributed by atoms with Crippen molar-refractivity contribution >= 4 is 5.69 Å². The maximum Gasteiger partial charge on any atom is 0.333 e. The number of nitriles is 1. The van der Waals surface area contributed by atoms with Crippen molar-refractivity contribution in [3.8, 4) is 11.9 Å². The molecule has 0 saturated carbocycles. The summed E-state index contributed by atoms with van der Waals surface area (Å²) in [6.07, 6.45) is 0. The van der Waals surface area contributed by atoms with E-state index in [1.807, 2.05) is 49.3 Å². The number of anilines is 1. The van der Waals surface area contributed by atoms with E-state index >= 15 is 0 Å². The molecule has 0 saturated heterocycles. The SMILES string of the molecule is CN(C)c1ccc([C@H]2C(C#N)=C(N)Oc3c2c(=O)n(C)c(=O)n3C)cc1. The van der Waals surface area contributed by atoms with E-state index in [0.29, 0.717) is 0 Å². The lowest BCUT2D eigenvalue weighted by atomic mass is 9.85. The summed E-state index contributed by atoms with van der Waals surface area (Å²) in [4.78, 5) is 26.9. The third-order valence-corrected chi connectivity index (χ3v) is 4.56. The Labute approximate surface area is 150 Å². The lowest BCUT2D eigenvalue weighted by Crippen LogP contribution is -2.42. The molecule has 0 aliphatic carbocycles. The van der Waals surface area contributed by atoms with Gasteiger partial charge in [-0.05, 0) is 17.7 Å². The summed E-state index contributed by atoms with van der Waals surface area (Å²) in [7, 11) is 6.73. The van der Waals surface area contributed by atoms with Gasteiger partial charge in [-0.1, -0.05) is 12.1 Å². The molecule has 1 atom stereocenters. The monoisotopic (exact) mass is 353 g/mol. The van der Waals surface area contributed by atoms with E-state index in [4.69, 9.17) is 10.5 Å². The minimum Gasteiger partial charge on any atom is -0.423 e. The lowest BCUT2D eigenvalue weighted by Gasteiger charge is -2.27. The van der Waals surface area contributed by atoms with E-state index in [2.05, 4.69) is 0 Å². The zero-order valence-electron chi connectivity index (χ0n) is 15.0. The van der Waals surface area contributed by atoms with Crippen LogP contribution in [0.5, 0.6) is 5.88 Å². The van der Waals surface area contributed by atoms with Crippen LogP contribution < -0.4 is 26.6 Å². The molecule has 0 unspecified atom stereocenters. The van der Waals surface area contributed by atoms with Crippen molar-refractivity contribution in [1.29, 1.82) is 5.26 Å². The fraction of sp³-hybridized carbons (Fsp3) is 0.278. The van der Waals surface area contributed by atoms with Gasteiger partial charge in [0.1, 0.15) is 11.6 Å². The van der Waals surface area contributed by atoms with Crippen LogP contribution in [0.1, 0.15) is 17.0 Å². The number of allylic oxidation sites excluding steroid dienone is 1. The molecular weight excluding hydrogens is 334 g/mol. The maximum absolute atomic E-state index is 12.8. The predicted molar refractivity (Wildman–Crippen MR) is 97.0 cm³/mol. The van der Waals surface area contributed by atoms with Crippen LogP contribution in [-0.2, 0) is 14.1 Å². The number of benzene rings is 1. The molecule has 2 aromatic rings. The van der Waals surface area contributed by atoms with Gasteiger partial charge >= 0.3 is 5.69 Å². The number of nitrogens with two attached hydrogens (primary N) is 1. The Morgan fingerprint density at radius 2 is 1.77 bits per heavy atom. The van der Waals surface area contributed by atoms with Gasteiger partial charge in [0.25, 0.3) is 5.56 Å². The highest BCUT2D eigenvalue weighted by Gasteiger charge is 2.35. The third kappa shape index (κ3) is 2.45. The lowest BCUT2D eigenvalue weighted by molar-refractivity contribution is 0.348. The molecular formula is C18H19N5O3. The molecule has 0 bridgehead atoms. The van der Waals surface area contributed by atoms with Gasteiger partial charge in [0, 0.05) is 33.9 Å². The summed E-state index contributed by atoms with van der Waals surface area (Å²) in [6, 6.07) is 9.50. The van der Waals surface area contributed by atoms with Crippen LogP contribution in [0.15, 0.2) is 45.3 Å². The third-order valence-electron chi connectivity index (χ3n) is 4.56. The molecule has 1 aromatic heterocycles. The highest BCUT2D eigenvalue weighted by molar-refractivity contribution is 5.55. The first-order valence-corrected chi connectivity index (χ1v) is 7.92. The number of aromatic nitrogens is 2. The highest BCUT2D eigenvalue weighted by atomic mass is 16.5. The molecule has 1 aliphatic heterocycles. The molecule has 1 aromatic carbocycles. The van der Waals surface area contributed by atoms with Crippen molar-refractivity contribution < 1.29 is 4.74 Å². The summed E-state index contributed by atoms with van der Waals surface area (Å²) in [5.74, 6) is -0.744. The zero-order valence-corrected chi connectivity index (χ0v) is 15.0. The zero-order chi connectivity index (χ0) is 19.2. The molecule has 2 N–H and O–H groups in total. The topological polar surface area (TPSA) is 106 Å². The van der Waals surface area contributed by atoms with E-state index in [9.17, 15) is 14.9 Å². The summed E-state index contributed by atoms with van der Waals surface area (Å²) in [5, 5.41) is 9.59. The van der Waals surface area contributed by atoms with Gasteiger partial charge in [-0.15, -0.1) is 0 Å². The second kappa shape index (κ2) is 6.11. The van der Waals surface area contributed by atoms with Crippen molar-refractivity contribution in [3.05, 3.63) is 67.7 Å². The molecule has 134 valence electrons. The summed E-state index contributed by atoms with van der Waals surface area (Å²) < 4.78 is 7.69. The van der Waals surface area contributed by atoms with Crippen LogP contribution in [-0.4, -0.2) is 23.2 Å². The number of hydrogen-bond donors (Lipinski definition) is 1. The predicted octanol–water partition coefficient (Wildman–Crippen LogP) is 0.368. The summed E-state index contributed by atoms with van der Waals surface area (Å²) in [6.45, 7) is 0. The Bertz CT molecular complexity index is 1070. The van der Waals surface area contributed by atoms with Crippen LogP contribution in [0.3, 0.4) is 0 Å². The van der Waals surface area contributed by atoms with E-state index in [1.54, 1.807) is 0 Å². The smallest absolute Gasteiger partial charge is 0.333 e. The van der Waals surface area contributed by atoms with Crippen LogP contribution in [0.25, 0.3) is 0 Å². The molecule has 0 spiro atoms. The minimum absolute atomic E-state index is 0.0660. The van der Waals surface area contributed by atoms with Crippen LogP contribution in [0, 0.1) is 11.3 Å². The van der Waals surface area contributed by atoms with Gasteiger partial charge in [-0.25, -0.2) is 4.79 Å². The van der Waals surface area contributed by atoms with Gasteiger partial charge in [0.2, 0.25) is 11.8 Å². The number of fused-ring (bicyclic) bond motifs is 1. The van der Waals surface area contributed by atoms with Crippen molar-refractivity contribution in [2.75, 3.05) is 19.0 Å². The number of rotatable bonds is 2. The summed E-state index contributed by atoms with van der Waals surface area (Å²) >= 11 is 0. The van der Waals surface area contributed by atoms with Crippen LogP contribution in [0.2, 0.25) is 0 Å². The molecule has 0 amide bonds. The second-order valence-corrected chi connectivity index (χ2v) is 6.34. The molecule has 8 nitrogen and oxygen atoms in total. The van der Waals surface area contributed by atoms with Crippen LogP contribution in [0.4, 0.5) is 5.69 Å². The first kappa shape index (κ1) is 17.4. The highest BCUT2D eigenvalue weighted by Crippen LogP contribution is 2.39. The quantitative estimate of drug-likeness (QED) is 0.836. The van der Waals surface area contributed by atoms with Crippen molar-refractivity contribution in [1.82, 2.24) is 9.13 Å². The van der Waals surface area contributed by atoms with Gasteiger partial charge in [0.05, 0.1) is 11.5 Å². The van der Waals surface area contributed by atoms with Gasteiger partial charge in [0.15, 0.2) is 0 Å². The number of hydrogen-bond acceptors (Lipinski definition) is 6. The average Bonchev–Trinajstić information content (AvgIpc) is 2.63. The molecule has 0 fully saturated rings. The molecule has 26 heavy (non-hydrogen) atoms. The fourth-order valence-electron chi connectivity index (χ4n) is 3.09. The Balaban J connectivity index is 2.33. The van der Waals surface area contributed by atoms with E-state index in [1.165, 1.54) is 18.7 Å². The van der Waals surface area contributed by atoms with E-state index in [0.717, 1.165) is 15.8 Å². The van der Waals surface area contributed by atoms with Gasteiger partial charge < -0.3 is 15.4 Å². The number of nitrogens with zero attached hydrogens (tertiary/aromatic N) is 4. The Kier molecular flexibility index (Phi) is 4.08. The second-order valence-electron chi connectivity index (χ2n) is 6.34. The Morgan fingerprint density at radius 1 is 1.15 bits per heavy atom. The van der Waals surface area contributed by atoms with Crippen molar-refractivity contribution in [2.24, 2.45) is 19.8 Å². The Hall–Kier alpha value is -3.47. The van der Waals surface area contributed by atoms with Gasteiger partial charge in [-0.3, -0.25) is 13.9 Å². The normalized spacial score (nSPS) is 15.9. The van der Waals surface area contributed by atoms with Crippen molar-refractivity contribution in [3.63, 3.8) is 0 Å². The van der Waals surface area contributed by atoms with Crippen LogP contribution >= 0.6 is 0 Å². The Morgan fingerprint density at radius 3 is 2.31 bits per heavy atom. The molecule has 3 rings (SSSR count). The minimum atomic E-state index is -0.703. The average molecular weight is 353 g/mol. The fourth-order valence-corrected chi connectivity index (χ4v) is 3.09. The van der Waals surface area contributed by atoms with E-state index in [-0.39, 0.29) is 22.9 Å². The maximum atomic E-state index is 12.8. The molecule has 8 heteroatoms. The largest absolute Gasteiger partial charge is 0.423 e. The number of ether oxygens (including phenoxy) is 1. The summed E-state index contributed by atoms with van der Waals surface area (Å²) in [5.41, 5.74) is 6.95. The molecule has 0 radical (unpaired) electrons. The van der Waals surface area contributed by atoms with E-state index < -0.39 is 17.2 Å². The molecule has 1 aliphatic rings. The molecule has 2 heterocycles. The first-order valence-electron chi connectivity index (χ1n) is 7.92. The van der Waals surface area contributed by atoms with Gasteiger partial charge in [-0.2, -0.15) is 5.26 Å². The standard InChI is InChI=1S/C18H19N5O3/c1-21(2)11-7-5-10(6-8-11)13-12(9-19)15(20)26-17-14(13)16(24)22(3)18(25)23(17)4/h5-8,13H,20H2,1-4H3/t13-/m0/s1.